The molecule has 1 aliphatic carbocycles. The van der Waals surface area contributed by atoms with Crippen LogP contribution in [-0.2, 0) is 0 Å². The fraction of sp³-hybridized carbons (Fsp3) is 0.643. The van der Waals surface area contributed by atoms with Crippen LogP contribution in [0.3, 0.4) is 0 Å². The first kappa shape index (κ1) is 11.6. The summed E-state index contributed by atoms with van der Waals surface area (Å²) in [6.07, 6.45) is 10.8. The van der Waals surface area contributed by atoms with Gasteiger partial charge in [0.2, 0.25) is 0 Å². The average molecular weight is 219 g/mol. The van der Waals surface area contributed by atoms with Gasteiger partial charge in [-0.2, -0.15) is 0 Å². The van der Waals surface area contributed by atoms with E-state index in [1.165, 1.54) is 25.7 Å². The van der Waals surface area contributed by atoms with E-state index in [4.69, 9.17) is 0 Å². The van der Waals surface area contributed by atoms with Crippen LogP contribution >= 0.6 is 0 Å². The Kier molecular flexibility index (Phi) is 3.94. The first-order valence-corrected chi connectivity index (χ1v) is 6.37. The Bertz CT molecular complexity index is 329. The van der Waals surface area contributed by atoms with Gasteiger partial charge >= 0.3 is 0 Å². The number of pyridine rings is 1. The predicted octanol–water partition coefficient (Wildman–Crippen LogP) is 3.39. The van der Waals surface area contributed by atoms with Crippen LogP contribution in [0.2, 0.25) is 0 Å². The number of aromatic nitrogens is 1. The lowest BCUT2D eigenvalue weighted by Crippen LogP contribution is -2.12. The average Bonchev–Trinajstić information content (AvgIpc) is 2.56. The summed E-state index contributed by atoms with van der Waals surface area (Å²) in [6.45, 7) is 2.02. The second-order valence-corrected chi connectivity index (χ2v) is 4.99. The minimum Gasteiger partial charge on any atom is -0.388 e. The lowest BCUT2D eigenvalue weighted by atomic mass is 9.90. The molecule has 0 bridgehead atoms. The van der Waals surface area contributed by atoms with E-state index in [1.54, 1.807) is 0 Å². The number of aliphatic hydroxyl groups is 1. The molecular weight excluding hydrogens is 198 g/mol. The minimum absolute atomic E-state index is 0.314. The third-order valence-corrected chi connectivity index (χ3v) is 3.58. The molecule has 1 fully saturated rings. The summed E-state index contributed by atoms with van der Waals surface area (Å²) in [5.41, 5.74) is 2.12. The Labute approximate surface area is 97.7 Å². The zero-order valence-corrected chi connectivity index (χ0v) is 10.0. The summed E-state index contributed by atoms with van der Waals surface area (Å²) in [6, 6.07) is 2.06. The van der Waals surface area contributed by atoms with Crippen molar-refractivity contribution >= 4 is 0 Å². The highest BCUT2D eigenvalue weighted by molar-refractivity contribution is 5.19. The van der Waals surface area contributed by atoms with E-state index >= 15 is 0 Å². The largest absolute Gasteiger partial charge is 0.388 e. The van der Waals surface area contributed by atoms with Crippen molar-refractivity contribution in [3.05, 3.63) is 29.6 Å². The van der Waals surface area contributed by atoms with E-state index in [0.717, 1.165) is 24.0 Å². The molecule has 0 spiro atoms. The Morgan fingerprint density at radius 1 is 1.19 bits per heavy atom. The first-order valence-electron chi connectivity index (χ1n) is 6.37. The van der Waals surface area contributed by atoms with Crippen molar-refractivity contribution in [3.63, 3.8) is 0 Å². The minimum atomic E-state index is -0.314. The Balaban J connectivity index is 2.07. The van der Waals surface area contributed by atoms with Crippen molar-refractivity contribution < 1.29 is 5.11 Å². The summed E-state index contributed by atoms with van der Waals surface area (Å²) in [7, 11) is 0. The van der Waals surface area contributed by atoms with Crippen molar-refractivity contribution in [3.8, 4) is 0 Å². The van der Waals surface area contributed by atoms with Crippen LogP contribution < -0.4 is 0 Å². The first-order chi connectivity index (χ1) is 7.77. The highest BCUT2D eigenvalue weighted by Crippen LogP contribution is 2.33. The molecule has 1 aliphatic rings. The molecule has 0 saturated heterocycles. The van der Waals surface area contributed by atoms with Gasteiger partial charge in [0.05, 0.1) is 6.10 Å². The molecule has 1 aromatic rings. The maximum Gasteiger partial charge on any atom is 0.0833 e. The molecule has 0 radical (unpaired) electrons. The molecule has 1 saturated carbocycles. The van der Waals surface area contributed by atoms with Crippen molar-refractivity contribution in [2.24, 2.45) is 5.92 Å². The van der Waals surface area contributed by atoms with Crippen LogP contribution in [0.5, 0.6) is 0 Å². The normalized spacial score (nSPS) is 20.4. The quantitative estimate of drug-likeness (QED) is 0.773. The molecule has 1 aromatic heterocycles. The van der Waals surface area contributed by atoms with Crippen molar-refractivity contribution in [2.45, 2.75) is 51.6 Å². The Hall–Kier alpha value is -0.890. The number of hydrogen-bond donors (Lipinski definition) is 1. The van der Waals surface area contributed by atoms with Crippen LogP contribution in [0, 0.1) is 12.8 Å². The number of rotatable bonds is 2. The van der Waals surface area contributed by atoms with Gasteiger partial charge in [0.15, 0.2) is 0 Å². The van der Waals surface area contributed by atoms with E-state index in [0.29, 0.717) is 5.92 Å². The van der Waals surface area contributed by atoms with Gasteiger partial charge in [0.25, 0.3) is 0 Å². The van der Waals surface area contributed by atoms with Gasteiger partial charge in [-0.05, 0) is 36.8 Å². The summed E-state index contributed by atoms with van der Waals surface area (Å²) in [5, 5.41) is 10.4. The predicted molar refractivity (Wildman–Crippen MR) is 65.1 cm³/mol. The molecule has 2 nitrogen and oxygen atoms in total. The van der Waals surface area contributed by atoms with Crippen LogP contribution in [0.4, 0.5) is 0 Å². The Morgan fingerprint density at radius 3 is 2.50 bits per heavy atom. The second kappa shape index (κ2) is 5.44. The lowest BCUT2D eigenvalue weighted by Gasteiger charge is -2.21. The fourth-order valence-corrected chi connectivity index (χ4v) is 2.64. The summed E-state index contributed by atoms with van der Waals surface area (Å²) >= 11 is 0. The van der Waals surface area contributed by atoms with Gasteiger partial charge in [-0.3, -0.25) is 4.98 Å². The molecule has 1 atom stereocenters. The van der Waals surface area contributed by atoms with Crippen LogP contribution in [0.1, 0.15) is 55.8 Å². The highest BCUT2D eigenvalue weighted by atomic mass is 16.3. The van der Waals surface area contributed by atoms with Crippen molar-refractivity contribution in [2.75, 3.05) is 0 Å². The van der Waals surface area contributed by atoms with Crippen LogP contribution in [0.25, 0.3) is 0 Å². The summed E-state index contributed by atoms with van der Waals surface area (Å²) < 4.78 is 0. The number of hydrogen-bond acceptors (Lipinski definition) is 2. The van der Waals surface area contributed by atoms with Gasteiger partial charge in [-0.1, -0.05) is 31.7 Å². The molecule has 88 valence electrons. The maximum absolute atomic E-state index is 10.4. The van der Waals surface area contributed by atoms with Gasteiger partial charge < -0.3 is 5.11 Å². The molecular formula is C14H21NO. The highest BCUT2D eigenvalue weighted by Gasteiger charge is 2.22. The maximum atomic E-state index is 10.4. The SMILES string of the molecule is Cc1cncc([C@H](O)C2CCCCCC2)c1. The van der Waals surface area contributed by atoms with Crippen molar-refractivity contribution in [1.82, 2.24) is 4.98 Å². The zero-order chi connectivity index (χ0) is 11.4. The zero-order valence-electron chi connectivity index (χ0n) is 10.0. The number of nitrogens with zero attached hydrogens (tertiary/aromatic N) is 1. The topological polar surface area (TPSA) is 33.1 Å². The molecule has 16 heavy (non-hydrogen) atoms. The van der Waals surface area contributed by atoms with Gasteiger partial charge in [0, 0.05) is 12.4 Å². The number of aliphatic hydroxyl groups excluding tert-OH is 1. The van der Waals surface area contributed by atoms with E-state index < -0.39 is 0 Å². The second-order valence-electron chi connectivity index (χ2n) is 4.99. The molecule has 2 rings (SSSR count). The van der Waals surface area contributed by atoms with Crippen LogP contribution in [-0.4, -0.2) is 10.1 Å². The van der Waals surface area contributed by atoms with E-state index in [9.17, 15) is 5.11 Å². The molecule has 1 heterocycles. The van der Waals surface area contributed by atoms with Gasteiger partial charge in [0.1, 0.15) is 0 Å². The third kappa shape index (κ3) is 2.82. The molecule has 0 aliphatic heterocycles. The monoisotopic (exact) mass is 219 g/mol. The summed E-state index contributed by atoms with van der Waals surface area (Å²) in [4.78, 5) is 4.16. The molecule has 1 N–H and O–H groups in total. The van der Waals surface area contributed by atoms with E-state index in [1.807, 2.05) is 19.3 Å². The van der Waals surface area contributed by atoms with Gasteiger partial charge in [-0.25, -0.2) is 0 Å². The lowest BCUT2D eigenvalue weighted by molar-refractivity contribution is 0.0984. The standard InChI is InChI=1S/C14H21NO/c1-11-8-13(10-15-9-11)14(16)12-6-4-2-3-5-7-12/h8-10,12,14,16H,2-7H2,1H3/t14-/m1/s1. The van der Waals surface area contributed by atoms with Gasteiger partial charge in [-0.15, -0.1) is 0 Å². The number of aryl methyl sites for hydroxylation is 1. The van der Waals surface area contributed by atoms with Crippen molar-refractivity contribution in [1.29, 1.82) is 0 Å². The Morgan fingerprint density at radius 2 is 1.88 bits per heavy atom. The molecule has 0 aromatic carbocycles. The smallest absolute Gasteiger partial charge is 0.0833 e. The fourth-order valence-electron chi connectivity index (χ4n) is 2.64. The van der Waals surface area contributed by atoms with E-state index in [-0.39, 0.29) is 6.10 Å². The van der Waals surface area contributed by atoms with Crippen LogP contribution in [0.15, 0.2) is 18.5 Å². The summed E-state index contributed by atoms with van der Waals surface area (Å²) in [5.74, 6) is 0.436. The molecule has 0 amide bonds. The van der Waals surface area contributed by atoms with E-state index in [2.05, 4.69) is 11.1 Å². The molecule has 0 unspecified atom stereocenters. The third-order valence-electron chi connectivity index (χ3n) is 3.58. The molecule has 2 heteroatoms.